The van der Waals surface area contributed by atoms with Gasteiger partial charge in [0, 0.05) is 11.8 Å². The first kappa shape index (κ1) is 22.9. The van der Waals surface area contributed by atoms with E-state index in [0.29, 0.717) is 10.8 Å². The zero-order valence-corrected chi connectivity index (χ0v) is 17.7. The molecule has 1 heterocycles. The van der Waals surface area contributed by atoms with Crippen LogP contribution in [0, 0.1) is 5.92 Å². The Morgan fingerprint density at radius 1 is 1.11 bits per heavy atom. The largest absolute Gasteiger partial charge is 0.469 e. The van der Waals surface area contributed by atoms with Gasteiger partial charge in [0.15, 0.2) is 5.13 Å². The van der Waals surface area contributed by atoms with Crippen molar-refractivity contribution in [3.8, 4) is 0 Å². The Morgan fingerprint density at radius 3 is 2.22 bits per heavy atom. The number of hydrogen-bond donors (Lipinski definition) is 1. The molecule has 1 aromatic rings. The molecule has 9 heteroatoms. The minimum Gasteiger partial charge on any atom is -0.469 e. The Morgan fingerprint density at radius 2 is 1.70 bits per heavy atom. The molecule has 0 saturated carbocycles. The van der Waals surface area contributed by atoms with Gasteiger partial charge in [0.1, 0.15) is 11.2 Å². The summed E-state index contributed by atoms with van der Waals surface area (Å²) < 4.78 is 15.2. The van der Waals surface area contributed by atoms with E-state index in [-0.39, 0.29) is 12.8 Å². The molecule has 1 atom stereocenters. The van der Waals surface area contributed by atoms with Crippen LogP contribution in [0.3, 0.4) is 0 Å². The van der Waals surface area contributed by atoms with E-state index in [4.69, 9.17) is 14.2 Å². The molecule has 0 aliphatic carbocycles. The number of thiazole rings is 1. The van der Waals surface area contributed by atoms with Gasteiger partial charge in [-0.15, -0.1) is 11.3 Å². The fourth-order valence-corrected chi connectivity index (χ4v) is 2.80. The molecule has 0 bridgehead atoms. The summed E-state index contributed by atoms with van der Waals surface area (Å²) in [7, 11) is 1.26. The highest BCUT2D eigenvalue weighted by molar-refractivity contribution is 7.13. The number of hydrogen-bond acceptors (Lipinski definition) is 8. The molecule has 0 unspecified atom stereocenters. The van der Waals surface area contributed by atoms with Crippen molar-refractivity contribution in [1.29, 1.82) is 0 Å². The number of ether oxygens (including phenoxy) is 3. The molecule has 8 nitrogen and oxygen atoms in total. The van der Waals surface area contributed by atoms with Crippen molar-refractivity contribution >= 4 is 34.5 Å². The number of aromatic nitrogens is 1. The van der Waals surface area contributed by atoms with Crippen LogP contribution in [0.25, 0.3) is 0 Å². The molecule has 1 aromatic heterocycles. The number of rotatable bonds is 6. The summed E-state index contributed by atoms with van der Waals surface area (Å²) in [6.07, 6.45) is -0.531. The van der Waals surface area contributed by atoms with Crippen LogP contribution >= 0.6 is 11.3 Å². The van der Waals surface area contributed by atoms with Crippen LogP contribution in [0.4, 0.5) is 9.93 Å². The van der Waals surface area contributed by atoms with Crippen LogP contribution in [0.5, 0.6) is 0 Å². The minimum absolute atomic E-state index is 0.115. The third kappa shape index (κ3) is 9.37. The maximum absolute atomic E-state index is 12.0. The van der Waals surface area contributed by atoms with Crippen molar-refractivity contribution in [2.75, 3.05) is 12.4 Å². The number of carbonyl (C=O) groups excluding carboxylic acids is 3. The molecule has 0 fully saturated rings. The van der Waals surface area contributed by atoms with Crippen LogP contribution in [0.1, 0.15) is 53.7 Å². The van der Waals surface area contributed by atoms with Gasteiger partial charge in [-0.25, -0.2) is 9.78 Å². The molecule has 1 rings (SSSR count). The van der Waals surface area contributed by atoms with E-state index in [1.54, 1.807) is 46.9 Å². The first-order valence-electron chi connectivity index (χ1n) is 8.53. The summed E-state index contributed by atoms with van der Waals surface area (Å²) in [6.45, 7) is 10.6. The number of methoxy groups -OCH3 is 1. The van der Waals surface area contributed by atoms with Gasteiger partial charge >= 0.3 is 18.0 Å². The van der Waals surface area contributed by atoms with Gasteiger partial charge in [-0.05, 0) is 41.5 Å². The van der Waals surface area contributed by atoms with Gasteiger partial charge in [0.05, 0.1) is 25.1 Å². The Hall–Kier alpha value is -2.16. The maximum atomic E-state index is 12.0. The number of amides is 1. The van der Waals surface area contributed by atoms with Crippen molar-refractivity contribution in [2.45, 2.75) is 65.6 Å². The van der Waals surface area contributed by atoms with Crippen molar-refractivity contribution in [3.05, 3.63) is 11.1 Å². The lowest BCUT2D eigenvalue weighted by atomic mass is 10.00. The minimum atomic E-state index is -0.721. The zero-order chi connectivity index (χ0) is 20.8. The fourth-order valence-electron chi connectivity index (χ4n) is 2.09. The highest BCUT2D eigenvalue weighted by Gasteiger charge is 2.27. The van der Waals surface area contributed by atoms with Crippen molar-refractivity contribution in [2.24, 2.45) is 5.92 Å². The number of carbonyl (C=O) groups is 3. The Labute approximate surface area is 163 Å². The SMILES string of the molecule is COC(=O)[C@H](CC(=O)OC(C)(C)C)Cc1csc(NC(=O)OC(C)(C)C)n1. The first-order chi connectivity index (χ1) is 12.3. The summed E-state index contributed by atoms with van der Waals surface area (Å²) in [5.41, 5.74) is -0.693. The van der Waals surface area contributed by atoms with Gasteiger partial charge in [-0.2, -0.15) is 0 Å². The van der Waals surface area contributed by atoms with E-state index in [9.17, 15) is 14.4 Å². The lowest BCUT2D eigenvalue weighted by Gasteiger charge is -2.21. The third-order valence-corrected chi connectivity index (χ3v) is 3.79. The van der Waals surface area contributed by atoms with E-state index in [0.717, 1.165) is 0 Å². The average molecular weight is 400 g/mol. The van der Waals surface area contributed by atoms with Crippen molar-refractivity contribution in [1.82, 2.24) is 4.98 Å². The second-order valence-corrected chi connectivity index (χ2v) is 8.84. The normalized spacial score (nSPS) is 12.9. The summed E-state index contributed by atoms with van der Waals surface area (Å²) in [5, 5.41) is 4.60. The van der Waals surface area contributed by atoms with Crippen LogP contribution in [-0.2, 0) is 30.2 Å². The van der Waals surface area contributed by atoms with Crippen LogP contribution in [0.15, 0.2) is 5.38 Å². The van der Waals surface area contributed by atoms with Crippen LogP contribution in [-0.4, -0.2) is 41.3 Å². The third-order valence-electron chi connectivity index (χ3n) is 2.98. The second kappa shape index (κ2) is 9.16. The summed E-state index contributed by atoms with van der Waals surface area (Å²) in [5.74, 6) is -1.72. The molecule has 1 N–H and O–H groups in total. The Bertz CT molecular complexity index is 672. The summed E-state index contributed by atoms with van der Waals surface area (Å²) in [6, 6.07) is 0. The first-order valence-corrected chi connectivity index (χ1v) is 9.41. The predicted octanol–water partition coefficient (Wildman–Crippen LogP) is 3.55. The molecule has 0 radical (unpaired) electrons. The molecule has 0 spiro atoms. The summed E-state index contributed by atoms with van der Waals surface area (Å²) >= 11 is 1.20. The number of esters is 2. The van der Waals surface area contributed by atoms with Crippen LogP contribution in [0.2, 0.25) is 0 Å². The number of anilines is 1. The molecule has 152 valence electrons. The van der Waals surface area contributed by atoms with E-state index < -0.39 is 35.2 Å². The highest BCUT2D eigenvalue weighted by atomic mass is 32.1. The zero-order valence-electron chi connectivity index (χ0n) is 16.9. The Kier molecular flexibility index (Phi) is 7.77. The molecule has 1 amide bonds. The second-order valence-electron chi connectivity index (χ2n) is 7.99. The van der Waals surface area contributed by atoms with Gasteiger partial charge in [0.2, 0.25) is 0 Å². The average Bonchev–Trinajstić information content (AvgIpc) is 2.88. The topological polar surface area (TPSA) is 104 Å². The Balaban J connectivity index is 2.74. The van der Waals surface area contributed by atoms with Crippen molar-refractivity contribution in [3.63, 3.8) is 0 Å². The van der Waals surface area contributed by atoms with Gasteiger partial charge in [0.25, 0.3) is 0 Å². The smallest absolute Gasteiger partial charge is 0.413 e. The lowest BCUT2D eigenvalue weighted by molar-refractivity contribution is -0.160. The number of nitrogens with one attached hydrogen (secondary N) is 1. The molecule has 0 aromatic carbocycles. The lowest BCUT2D eigenvalue weighted by Crippen LogP contribution is -2.28. The molecule has 27 heavy (non-hydrogen) atoms. The molecular formula is C18H28N2O6S. The van der Waals surface area contributed by atoms with Crippen molar-refractivity contribution < 1.29 is 28.6 Å². The van der Waals surface area contributed by atoms with E-state index in [1.165, 1.54) is 18.4 Å². The quantitative estimate of drug-likeness (QED) is 0.575. The maximum Gasteiger partial charge on any atom is 0.413 e. The molecular weight excluding hydrogens is 372 g/mol. The number of nitrogens with zero attached hydrogens (tertiary/aromatic N) is 1. The monoisotopic (exact) mass is 400 g/mol. The van der Waals surface area contributed by atoms with Gasteiger partial charge < -0.3 is 14.2 Å². The molecule has 0 aliphatic heterocycles. The standard InChI is InChI=1S/C18H28N2O6S/c1-17(2,3)25-13(21)9-11(14(22)24-7)8-12-10-27-15(19-12)20-16(23)26-18(4,5)6/h10-11H,8-9H2,1-7H3,(H,19,20,23)/t11-/m0/s1. The van der Waals surface area contributed by atoms with Crippen LogP contribution < -0.4 is 5.32 Å². The molecule has 0 aliphatic rings. The van der Waals surface area contributed by atoms with E-state index in [2.05, 4.69) is 10.3 Å². The summed E-state index contributed by atoms with van der Waals surface area (Å²) in [4.78, 5) is 40.1. The fraction of sp³-hybridized carbons (Fsp3) is 0.667. The molecule has 0 saturated heterocycles. The van der Waals surface area contributed by atoms with E-state index >= 15 is 0 Å². The van der Waals surface area contributed by atoms with Gasteiger partial charge in [-0.3, -0.25) is 14.9 Å². The predicted molar refractivity (Wildman–Crippen MR) is 102 cm³/mol. The van der Waals surface area contributed by atoms with Gasteiger partial charge in [-0.1, -0.05) is 0 Å². The van der Waals surface area contributed by atoms with E-state index in [1.807, 2.05) is 0 Å². The highest BCUT2D eigenvalue weighted by Crippen LogP contribution is 2.22.